The minimum absolute atomic E-state index is 0.137. The molecule has 2 aromatic heterocycles. The third-order valence-electron chi connectivity index (χ3n) is 5.52. The molecule has 0 saturated carbocycles. The minimum atomic E-state index is -0.324. The molecule has 0 saturated heterocycles. The van der Waals surface area contributed by atoms with Gasteiger partial charge >= 0.3 is 0 Å². The van der Waals surface area contributed by atoms with Crippen LogP contribution in [0.4, 0.5) is 5.69 Å². The lowest BCUT2D eigenvalue weighted by Crippen LogP contribution is -2.33. The van der Waals surface area contributed by atoms with Gasteiger partial charge in [0.2, 0.25) is 4.96 Å². The van der Waals surface area contributed by atoms with Crippen LogP contribution in [-0.4, -0.2) is 33.7 Å². The Labute approximate surface area is 194 Å². The number of fused-ring (bicyclic) bond motifs is 2. The van der Waals surface area contributed by atoms with Crippen LogP contribution in [0.15, 0.2) is 66.0 Å². The number of benzene rings is 2. The van der Waals surface area contributed by atoms with Crippen LogP contribution in [0.1, 0.15) is 25.3 Å². The summed E-state index contributed by atoms with van der Waals surface area (Å²) in [5.41, 5.74) is 2.53. The Morgan fingerprint density at radius 1 is 1.12 bits per heavy atom. The van der Waals surface area contributed by atoms with E-state index in [9.17, 15) is 9.59 Å². The molecule has 0 aliphatic carbocycles. The number of nitrogens with zero attached hydrogens (tertiary/aromatic N) is 4. The second-order valence-electron chi connectivity index (χ2n) is 7.69. The Balaban J connectivity index is 1.57. The van der Waals surface area contributed by atoms with Crippen LogP contribution in [0, 0.1) is 0 Å². The number of amides is 1. The predicted molar refractivity (Wildman–Crippen MR) is 130 cm³/mol. The summed E-state index contributed by atoms with van der Waals surface area (Å²) in [6, 6.07) is 15.0. The second kappa shape index (κ2) is 8.63. The Hall–Kier alpha value is -3.78. The van der Waals surface area contributed by atoms with Gasteiger partial charge in [-0.25, -0.2) is 0 Å². The summed E-state index contributed by atoms with van der Waals surface area (Å²) in [7, 11) is 0. The zero-order chi connectivity index (χ0) is 22.9. The molecule has 8 heteroatoms. The minimum Gasteiger partial charge on any atom is -0.490 e. The first-order chi connectivity index (χ1) is 16.1. The van der Waals surface area contributed by atoms with Gasteiger partial charge in [-0.2, -0.15) is 9.50 Å². The van der Waals surface area contributed by atoms with Crippen molar-refractivity contribution in [2.75, 3.05) is 18.1 Å². The zero-order valence-corrected chi connectivity index (χ0v) is 19.0. The van der Waals surface area contributed by atoms with Gasteiger partial charge < -0.3 is 9.64 Å². The van der Waals surface area contributed by atoms with Crippen molar-refractivity contribution in [3.63, 3.8) is 0 Å². The number of hydrogen-bond acceptors (Lipinski definition) is 6. The number of para-hydroxylation sites is 1. The smallest absolute Gasteiger partial charge is 0.291 e. The molecule has 0 atom stereocenters. The number of carbonyl (C=O) groups excluding carboxylic acids is 1. The molecule has 0 spiro atoms. The lowest BCUT2D eigenvalue weighted by molar-refractivity contribution is -0.113. The van der Waals surface area contributed by atoms with Crippen molar-refractivity contribution in [1.29, 1.82) is 0 Å². The molecular weight excluding hydrogens is 436 g/mol. The molecule has 3 heterocycles. The molecule has 1 amide bonds. The van der Waals surface area contributed by atoms with Gasteiger partial charge in [-0.1, -0.05) is 55.5 Å². The predicted octanol–water partition coefficient (Wildman–Crippen LogP) is 3.45. The number of rotatable bonds is 7. The van der Waals surface area contributed by atoms with Gasteiger partial charge in [-0.05, 0) is 36.8 Å². The average molecular weight is 459 g/mol. The van der Waals surface area contributed by atoms with Crippen LogP contribution in [0.5, 0.6) is 5.75 Å². The number of ether oxygens (including phenoxy) is 1. The first-order valence-corrected chi connectivity index (χ1v) is 11.6. The number of hydrogen-bond donors (Lipinski definition) is 0. The molecule has 166 valence electrons. The van der Waals surface area contributed by atoms with E-state index in [1.165, 1.54) is 15.9 Å². The van der Waals surface area contributed by atoms with Crippen molar-refractivity contribution < 1.29 is 9.53 Å². The van der Waals surface area contributed by atoms with Crippen LogP contribution in [0.25, 0.3) is 21.9 Å². The van der Waals surface area contributed by atoms with E-state index in [-0.39, 0.29) is 11.5 Å². The maximum Gasteiger partial charge on any atom is 0.291 e. The first-order valence-electron chi connectivity index (χ1n) is 10.8. The van der Waals surface area contributed by atoms with Crippen molar-refractivity contribution in [3.05, 3.63) is 81.6 Å². The largest absolute Gasteiger partial charge is 0.490 e. The standard InChI is InChI=1S/C25H22N4O3S/c1-3-5-14-28-19-9-7-6-8-18(19)20(23(28)30)21-24(31)29-25(33-21)26-22(27-29)16-10-12-17(13-11-16)32-15-4-2/h4,6-13H,2-3,5,14-15H2,1H3/b21-20-. The summed E-state index contributed by atoms with van der Waals surface area (Å²) >= 11 is 1.20. The SMILES string of the molecule is C=CCOc1ccc(-c2nc3s/c(=C4\C(=O)N(CCCC)c5ccccc54)c(=O)n3n2)cc1. The molecule has 0 bridgehead atoms. The quantitative estimate of drug-likeness (QED) is 0.397. The summed E-state index contributed by atoms with van der Waals surface area (Å²) in [4.78, 5) is 33.3. The third-order valence-corrected chi connectivity index (χ3v) is 6.55. The maximum absolute atomic E-state index is 13.3. The zero-order valence-electron chi connectivity index (χ0n) is 18.2. The van der Waals surface area contributed by atoms with Gasteiger partial charge in [0.15, 0.2) is 5.82 Å². The Kier molecular flexibility index (Phi) is 5.51. The number of carbonyl (C=O) groups is 1. The van der Waals surface area contributed by atoms with Crippen LogP contribution in [0.3, 0.4) is 0 Å². The van der Waals surface area contributed by atoms with Crippen molar-refractivity contribution in [1.82, 2.24) is 14.6 Å². The van der Waals surface area contributed by atoms with Crippen molar-refractivity contribution in [3.8, 4) is 17.1 Å². The van der Waals surface area contributed by atoms with E-state index < -0.39 is 0 Å². The van der Waals surface area contributed by atoms with Crippen molar-refractivity contribution in [2.24, 2.45) is 0 Å². The van der Waals surface area contributed by atoms with Crippen molar-refractivity contribution in [2.45, 2.75) is 19.8 Å². The highest BCUT2D eigenvalue weighted by Crippen LogP contribution is 2.35. The lowest BCUT2D eigenvalue weighted by atomic mass is 10.1. The van der Waals surface area contributed by atoms with E-state index in [1.807, 2.05) is 48.5 Å². The van der Waals surface area contributed by atoms with Crippen LogP contribution >= 0.6 is 11.3 Å². The molecule has 33 heavy (non-hydrogen) atoms. The summed E-state index contributed by atoms with van der Waals surface area (Å²) in [6.45, 7) is 6.78. The molecule has 1 aliphatic heterocycles. The van der Waals surface area contributed by atoms with Gasteiger partial charge in [0.1, 0.15) is 16.9 Å². The van der Waals surface area contributed by atoms with E-state index in [0.29, 0.717) is 39.8 Å². The topological polar surface area (TPSA) is 76.8 Å². The summed E-state index contributed by atoms with van der Waals surface area (Å²) in [5, 5.41) is 4.42. The van der Waals surface area contributed by atoms with Crippen LogP contribution in [0.2, 0.25) is 0 Å². The molecule has 0 fully saturated rings. The molecule has 0 N–H and O–H groups in total. The summed E-state index contributed by atoms with van der Waals surface area (Å²) in [5.74, 6) is 1.03. The van der Waals surface area contributed by atoms with Gasteiger partial charge in [0.25, 0.3) is 11.5 Å². The van der Waals surface area contributed by atoms with Gasteiger partial charge in [0, 0.05) is 17.7 Å². The van der Waals surface area contributed by atoms with Crippen LogP contribution in [-0.2, 0) is 4.79 Å². The molecule has 5 rings (SSSR count). The van der Waals surface area contributed by atoms with E-state index in [2.05, 4.69) is 23.6 Å². The van der Waals surface area contributed by atoms with Gasteiger partial charge in [0.05, 0.1) is 11.3 Å². The number of anilines is 1. The Bertz CT molecular complexity index is 1470. The van der Waals surface area contributed by atoms with Gasteiger partial charge in [-0.3, -0.25) is 9.59 Å². The Morgan fingerprint density at radius 2 is 1.91 bits per heavy atom. The molecular formula is C25H22N4O3S. The highest BCUT2D eigenvalue weighted by molar-refractivity contribution is 7.15. The molecule has 4 aromatic rings. The lowest BCUT2D eigenvalue weighted by Gasteiger charge is -2.16. The molecule has 0 unspecified atom stereocenters. The highest BCUT2D eigenvalue weighted by atomic mass is 32.1. The second-order valence-corrected chi connectivity index (χ2v) is 8.67. The van der Waals surface area contributed by atoms with E-state index in [0.717, 1.165) is 29.7 Å². The fraction of sp³-hybridized carbons (Fsp3) is 0.200. The maximum atomic E-state index is 13.3. The van der Waals surface area contributed by atoms with Crippen LogP contribution < -0.4 is 19.7 Å². The molecule has 1 aliphatic rings. The van der Waals surface area contributed by atoms with Gasteiger partial charge in [-0.15, -0.1) is 5.10 Å². The normalized spacial score (nSPS) is 14.7. The number of aromatic nitrogens is 3. The fourth-order valence-corrected chi connectivity index (χ4v) is 4.90. The molecule has 7 nitrogen and oxygen atoms in total. The molecule has 2 aromatic carbocycles. The first kappa shape index (κ1) is 21.1. The highest BCUT2D eigenvalue weighted by Gasteiger charge is 2.33. The van der Waals surface area contributed by atoms with Crippen molar-refractivity contribution >= 4 is 33.5 Å². The third kappa shape index (κ3) is 3.62. The van der Waals surface area contributed by atoms with E-state index >= 15 is 0 Å². The van der Waals surface area contributed by atoms with E-state index in [4.69, 9.17) is 4.74 Å². The fourth-order valence-electron chi connectivity index (χ4n) is 3.90. The van der Waals surface area contributed by atoms with E-state index in [1.54, 1.807) is 11.0 Å². The monoisotopic (exact) mass is 458 g/mol. The summed E-state index contributed by atoms with van der Waals surface area (Å²) in [6.07, 6.45) is 3.56. The molecule has 0 radical (unpaired) electrons. The number of thiazole rings is 1. The average Bonchev–Trinajstić information content (AvgIpc) is 3.47. The summed E-state index contributed by atoms with van der Waals surface area (Å²) < 4.78 is 7.17. The number of unbranched alkanes of at least 4 members (excludes halogenated alkanes) is 1. The Morgan fingerprint density at radius 3 is 2.64 bits per heavy atom.